The summed E-state index contributed by atoms with van der Waals surface area (Å²) in [5, 5.41) is 0. The summed E-state index contributed by atoms with van der Waals surface area (Å²) in [5.41, 5.74) is 6.81. The Hall–Kier alpha value is -2.41. The third kappa shape index (κ3) is 1.75. The van der Waals surface area contributed by atoms with E-state index in [1.807, 2.05) is 30.3 Å². The highest BCUT2D eigenvalue weighted by molar-refractivity contribution is 6.19. The van der Waals surface area contributed by atoms with Crippen molar-refractivity contribution in [3.8, 4) is 0 Å². The molecule has 0 aliphatic heterocycles. The molecule has 0 saturated heterocycles. The molecule has 0 radical (unpaired) electrons. The Morgan fingerprint density at radius 1 is 0.850 bits per heavy atom. The van der Waals surface area contributed by atoms with Crippen LogP contribution < -0.4 is 0 Å². The Labute approximate surface area is 118 Å². The lowest BCUT2D eigenvalue weighted by Crippen LogP contribution is -1.97. The number of carbonyl (C=O) groups is 1. The van der Waals surface area contributed by atoms with E-state index in [0.717, 1.165) is 29.5 Å². The van der Waals surface area contributed by atoms with Gasteiger partial charge in [0.1, 0.15) is 0 Å². The van der Waals surface area contributed by atoms with E-state index in [9.17, 15) is 4.79 Å². The summed E-state index contributed by atoms with van der Waals surface area (Å²) >= 11 is 0. The Bertz CT molecular complexity index is 751. The normalized spacial score (nSPS) is 15.9. The van der Waals surface area contributed by atoms with Gasteiger partial charge < -0.3 is 0 Å². The molecule has 1 nitrogen and oxygen atoms in total. The number of Topliss-reactive ketones (excluding diaryl/α,β-unsaturated/α-hetero) is 1. The first-order chi connectivity index (χ1) is 9.81. The monoisotopic (exact) mass is 258 g/mol. The van der Waals surface area contributed by atoms with Crippen molar-refractivity contribution in [2.45, 2.75) is 12.8 Å². The number of hydrogen-bond donors (Lipinski definition) is 0. The summed E-state index contributed by atoms with van der Waals surface area (Å²) in [6.07, 6.45) is 6.03. The van der Waals surface area contributed by atoms with Gasteiger partial charge in [0.15, 0.2) is 5.78 Å². The summed E-state index contributed by atoms with van der Waals surface area (Å²) in [5.74, 6) is 0.157. The second kappa shape index (κ2) is 4.31. The van der Waals surface area contributed by atoms with E-state index in [1.54, 1.807) is 0 Å². The largest absolute Gasteiger partial charge is 0.289 e. The van der Waals surface area contributed by atoms with E-state index in [-0.39, 0.29) is 5.78 Å². The van der Waals surface area contributed by atoms with Crippen LogP contribution >= 0.6 is 0 Å². The lowest BCUT2D eigenvalue weighted by atomic mass is 10.1. The zero-order chi connectivity index (χ0) is 13.5. The third-order valence-corrected chi connectivity index (χ3v) is 4.09. The van der Waals surface area contributed by atoms with Crippen molar-refractivity contribution in [3.63, 3.8) is 0 Å². The van der Waals surface area contributed by atoms with Crippen molar-refractivity contribution >= 4 is 11.9 Å². The first-order valence-corrected chi connectivity index (χ1v) is 6.93. The SMILES string of the molecule is O=C1C(C=C2Cc3ccccc3C2)=Cc2ccccc21. The highest BCUT2D eigenvalue weighted by Crippen LogP contribution is 2.30. The molecule has 0 aromatic heterocycles. The minimum absolute atomic E-state index is 0.157. The number of hydrogen-bond acceptors (Lipinski definition) is 1. The second-order valence-corrected chi connectivity index (χ2v) is 5.44. The minimum Gasteiger partial charge on any atom is -0.289 e. The fourth-order valence-corrected chi connectivity index (χ4v) is 3.10. The molecule has 20 heavy (non-hydrogen) atoms. The van der Waals surface area contributed by atoms with Crippen LogP contribution in [0, 0.1) is 0 Å². The number of fused-ring (bicyclic) bond motifs is 2. The summed E-state index contributed by atoms with van der Waals surface area (Å²) < 4.78 is 0. The van der Waals surface area contributed by atoms with Gasteiger partial charge in [-0.25, -0.2) is 0 Å². The van der Waals surface area contributed by atoms with Crippen molar-refractivity contribution in [1.29, 1.82) is 0 Å². The van der Waals surface area contributed by atoms with Crippen LogP contribution in [0.3, 0.4) is 0 Å². The van der Waals surface area contributed by atoms with E-state index in [4.69, 9.17) is 0 Å². The smallest absolute Gasteiger partial charge is 0.193 e. The molecule has 0 N–H and O–H groups in total. The molecule has 1 heteroatoms. The molecule has 0 bridgehead atoms. The highest BCUT2D eigenvalue weighted by Gasteiger charge is 2.22. The fourth-order valence-electron chi connectivity index (χ4n) is 3.10. The van der Waals surface area contributed by atoms with Crippen LogP contribution in [-0.2, 0) is 12.8 Å². The zero-order valence-corrected chi connectivity index (χ0v) is 11.1. The van der Waals surface area contributed by atoms with Gasteiger partial charge in [0.25, 0.3) is 0 Å². The third-order valence-electron chi connectivity index (χ3n) is 4.09. The second-order valence-electron chi connectivity index (χ2n) is 5.44. The Balaban J connectivity index is 1.67. The van der Waals surface area contributed by atoms with Gasteiger partial charge in [-0.15, -0.1) is 0 Å². The van der Waals surface area contributed by atoms with E-state index in [1.165, 1.54) is 16.7 Å². The van der Waals surface area contributed by atoms with Crippen molar-refractivity contribution in [3.05, 3.63) is 88.0 Å². The van der Waals surface area contributed by atoms with E-state index >= 15 is 0 Å². The molecule has 0 unspecified atom stereocenters. The number of allylic oxidation sites excluding steroid dienone is 3. The fraction of sp³-hybridized carbons (Fsp3) is 0.105. The van der Waals surface area contributed by atoms with Gasteiger partial charge in [0.05, 0.1) is 0 Å². The van der Waals surface area contributed by atoms with Crippen molar-refractivity contribution in [2.75, 3.05) is 0 Å². The standard InChI is InChI=1S/C19H14O/c20-19-17(12-16-7-3-4-8-18(16)19)11-13-9-14-5-1-2-6-15(14)10-13/h1-8,11-12H,9-10H2. The van der Waals surface area contributed by atoms with Gasteiger partial charge >= 0.3 is 0 Å². The minimum atomic E-state index is 0.157. The van der Waals surface area contributed by atoms with E-state index < -0.39 is 0 Å². The number of carbonyl (C=O) groups excluding carboxylic acids is 1. The van der Waals surface area contributed by atoms with Crippen LogP contribution in [0.25, 0.3) is 6.08 Å². The van der Waals surface area contributed by atoms with Gasteiger partial charge in [-0.1, -0.05) is 60.2 Å². The predicted molar refractivity (Wildman–Crippen MR) is 80.7 cm³/mol. The Morgan fingerprint density at radius 3 is 2.20 bits per heavy atom. The van der Waals surface area contributed by atoms with Crippen molar-refractivity contribution < 1.29 is 4.79 Å². The average molecular weight is 258 g/mol. The molecule has 0 saturated carbocycles. The lowest BCUT2D eigenvalue weighted by molar-refractivity contribution is 0.104. The lowest BCUT2D eigenvalue weighted by Gasteiger charge is -1.97. The molecule has 96 valence electrons. The highest BCUT2D eigenvalue weighted by atomic mass is 16.1. The van der Waals surface area contributed by atoms with E-state index in [2.05, 4.69) is 30.3 Å². The quantitative estimate of drug-likeness (QED) is 0.755. The molecule has 0 amide bonds. The molecule has 2 aliphatic rings. The van der Waals surface area contributed by atoms with Crippen LogP contribution in [0.5, 0.6) is 0 Å². The maximum Gasteiger partial charge on any atom is 0.193 e. The summed E-state index contributed by atoms with van der Waals surface area (Å²) in [6.45, 7) is 0. The van der Waals surface area contributed by atoms with Crippen LogP contribution in [0.4, 0.5) is 0 Å². The molecule has 0 spiro atoms. The van der Waals surface area contributed by atoms with Gasteiger partial charge in [0, 0.05) is 11.1 Å². The zero-order valence-electron chi connectivity index (χ0n) is 11.1. The molecule has 0 fully saturated rings. The molecule has 2 aromatic carbocycles. The van der Waals surface area contributed by atoms with Crippen LogP contribution in [0.2, 0.25) is 0 Å². The molecular formula is C19H14O. The molecular weight excluding hydrogens is 244 g/mol. The molecule has 0 heterocycles. The maximum atomic E-state index is 12.3. The van der Waals surface area contributed by atoms with E-state index in [0.29, 0.717) is 0 Å². The van der Waals surface area contributed by atoms with Crippen molar-refractivity contribution in [1.82, 2.24) is 0 Å². The maximum absolute atomic E-state index is 12.3. The molecule has 2 aliphatic carbocycles. The Kier molecular flexibility index (Phi) is 2.46. The first kappa shape index (κ1) is 11.4. The van der Waals surface area contributed by atoms with Gasteiger partial charge in [-0.2, -0.15) is 0 Å². The first-order valence-electron chi connectivity index (χ1n) is 6.93. The average Bonchev–Trinajstić information content (AvgIpc) is 3.01. The van der Waals surface area contributed by atoms with Crippen LogP contribution in [-0.4, -0.2) is 5.78 Å². The van der Waals surface area contributed by atoms with Crippen LogP contribution in [0.1, 0.15) is 27.0 Å². The number of ketones is 1. The van der Waals surface area contributed by atoms with Gasteiger partial charge in [0.2, 0.25) is 0 Å². The summed E-state index contributed by atoms with van der Waals surface area (Å²) in [6, 6.07) is 16.3. The van der Waals surface area contributed by atoms with Crippen molar-refractivity contribution in [2.24, 2.45) is 0 Å². The molecule has 4 rings (SSSR count). The topological polar surface area (TPSA) is 17.1 Å². The molecule has 2 aromatic rings. The number of rotatable bonds is 1. The number of benzene rings is 2. The van der Waals surface area contributed by atoms with Crippen LogP contribution in [0.15, 0.2) is 65.8 Å². The summed E-state index contributed by atoms with van der Waals surface area (Å²) in [7, 11) is 0. The predicted octanol–water partition coefficient (Wildman–Crippen LogP) is 3.99. The summed E-state index contributed by atoms with van der Waals surface area (Å²) in [4.78, 5) is 12.3. The Morgan fingerprint density at radius 2 is 1.50 bits per heavy atom. The molecule has 0 atom stereocenters. The van der Waals surface area contributed by atoms with Gasteiger partial charge in [-0.3, -0.25) is 4.79 Å². The van der Waals surface area contributed by atoms with Gasteiger partial charge in [-0.05, 0) is 35.6 Å².